The molecule has 2 N–H and O–H groups in total. The third kappa shape index (κ3) is 4.99. The van der Waals surface area contributed by atoms with E-state index in [1.54, 1.807) is 19.9 Å². The van der Waals surface area contributed by atoms with Gasteiger partial charge in [0.1, 0.15) is 11.6 Å². The number of rotatable bonds is 1. The molecule has 0 aliphatic heterocycles. The average Bonchev–Trinajstić information content (AvgIpc) is 2.82. The fourth-order valence-corrected chi connectivity index (χ4v) is 5.82. The van der Waals surface area contributed by atoms with Crippen LogP contribution in [-0.4, -0.2) is 28.4 Å². The van der Waals surface area contributed by atoms with Crippen LogP contribution in [-0.2, 0) is 34.7 Å². The molecule has 4 aromatic rings. The molecule has 2 aromatic heterocycles. The molecule has 0 saturated carbocycles. The van der Waals surface area contributed by atoms with E-state index in [9.17, 15) is 18.0 Å². The van der Waals surface area contributed by atoms with Crippen molar-refractivity contribution in [3.8, 4) is 22.3 Å². The maximum absolute atomic E-state index is 12.1. The summed E-state index contributed by atoms with van der Waals surface area (Å²) < 4.78 is 22.9. The van der Waals surface area contributed by atoms with Crippen molar-refractivity contribution in [1.82, 2.24) is 19.9 Å². The Morgan fingerprint density at radius 1 is 0.757 bits per heavy atom. The van der Waals surface area contributed by atoms with Crippen LogP contribution in [0.15, 0.2) is 50.9 Å². The van der Waals surface area contributed by atoms with E-state index in [0.29, 0.717) is 45.5 Å². The van der Waals surface area contributed by atoms with Crippen molar-refractivity contribution >= 4 is 31.3 Å². The van der Waals surface area contributed by atoms with Crippen LogP contribution in [0.25, 0.3) is 22.3 Å². The summed E-state index contributed by atoms with van der Waals surface area (Å²) in [6.07, 6.45) is 3.12. The Balaban J connectivity index is 0.000000153. The molecule has 2 aliphatic rings. The van der Waals surface area contributed by atoms with Crippen molar-refractivity contribution in [1.29, 1.82) is 0 Å². The van der Waals surface area contributed by atoms with E-state index in [-0.39, 0.29) is 16.0 Å². The number of aryl methyl sites for hydroxylation is 6. The van der Waals surface area contributed by atoms with Gasteiger partial charge in [-0.3, -0.25) is 9.59 Å². The number of hydrogen-bond donors (Lipinski definition) is 2. The third-order valence-electron chi connectivity index (χ3n) is 6.46. The first-order chi connectivity index (χ1) is 17.5. The highest BCUT2D eigenvalue weighted by Gasteiger charge is 2.23. The van der Waals surface area contributed by atoms with Gasteiger partial charge in [0.2, 0.25) is 0 Å². The number of benzene rings is 2. The quantitative estimate of drug-likeness (QED) is 0.337. The second kappa shape index (κ2) is 9.55. The summed E-state index contributed by atoms with van der Waals surface area (Å²) in [6, 6.07) is 10.3. The molecule has 6 rings (SSSR count). The molecule has 0 radical (unpaired) electrons. The van der Waals surface area contributed by atoms with E-state index in [1.165, 1.54) is 12.1 Å². The number of aromatic nitrogens is 4. The zero-order chi connectivity index (χ0) is 26.5. The van der Waals surface area contributed by atoms with Crippen molar-refractivity contribution in [3.05, 3.63) is 96.3 Å². The summed E-state index contributed by atoms with van der Waals surface area (Å²) in [7, 11) is 1.54. The number of nitrogens with zero attached hydrogens (tertiary/aromatic N) is 2. The minimum absolute atomic E-state index is 0.00857. The number of hydrogen-bond acceptors (Lipinski definition) is 6. The summed E-state index contributed by atoms with van der Waals surface area (Å²) in [4.78, 5) is 38.3. The van der Waals surface area contributed by atoms with Gasteiger partial charge in [0, 0.05) is 15.7 Å². The molecule has 37 heavy (non-hydrogen) atoms. The molecular weight excluding hydrogens is 535 g/mol. The molecule has 2 aromatic carbocycles. The maximum atomic E-state index is 12.1. The molecule has 0 spiro atoms. The normalized spacial score (nSPS) is 13.4. The Bertz CT molecular complexity index is 1800. The lowest BCUT2D eigenvalue weighted by Crippen LogP contribution is -2.20. The monoisotopic (exact) mass is 556 g/mol. The van der Waals surface area contributed by atoms with Crippen molar-refractivity contribution in [2.45, 2.75) is 44.4 Å². The molecule has 2 aliphatic carbocycles. The molecule has 0 fully saturated rings. The number of H-pyrrole nitrogens is 2. The van der Waals surface area contributed by atoms with E-state index in [1.807, 2.05) is 18.2 Å². The van der Waals surface area contributed by atoms with Gasteiger partial charge in [-0.2, -0.15) is 0 Å². The third-order valence-corrected chi connectivity index (χ3v) is 8.05. The second-order valence-corrected chi connectivity index (χ2v) is 12.0. The van der Waals surface area contributed by atoms with Crippen molar-refractivity contribution < 1.29 is 8.42 Å². The molecule has 0 saturated heterocycles. The summed E-state index contributed by atoms with van der Waals surface area (Å²) in [6.45, 7) is 3.52. The highest BCUT2D eigenvalue weighted by molar-refractivity contribution is 8.13. The van der Waals surface area contributed by atoms with E-state index in [4.69, 9.17) is 22.3 Å². The summed E-state index contributed by atoms with van der Waals surface area (Å²) >= 11 is 5.99. The zero-order valence-corrected chi connectivity index (χ0v) is 22.3. The van der Waals surface area contributed by atoms with Gasteiger partial charge in [-0.1, -0.05) is 23.7 Å². The minimum atomic E-state index is -3.82. The van der Waals surface area contributed by atoms with Gasteiger partial charge >= 0.3 is 0 Å². The standard InChI is InChI=1S/C13H11ClN2O3S.C13H11ClN2O/c1-7-15-11-5-3-8-2-4-9(20(14,18)19)6-10(8)12(11)13(17)16-7;1-7-15-11-5-3-8-2-4-9(14)6-10(8)12(11)13(17)16-7/h2,4,6H,3,5H2,1H3,(H,15,16,17);2,4,6H,3,5H2,1H3,(H,15,16,17). The number of nitrogens with one attached hydrogen (secondary N) is 2. The van der Waals surface area contributed by atoms with E-state index < -0.39 is 9.05 Å². The van der Waals surface area contributed by atoms with Gasteiger partial charge in [-0.25, -0.2) is 18.4 Å². The van der Waals surface area contributed by atoms with E-state index >= 15 is 0 Å². The van der Waals surface area contributed by atoms with Gasteiger partial charge in [-0.15, -0.1) is 0 Å². The molecule has 0 bridgehead atoms. The van der Waals surface area contributed by atoms with E-state index in [0.717, 1.165) is 41.6 Å². The first-order valence-corrected chi connectivity index (χ1v) is 14.3. The Morgan fingerprint density at radius 2 is 1.24 bits per heavy atom. The molecule has 0 unspecified atom stereocenters. The van der Waals surface area contributed by atoms with Crippen LogP contribution in [0.2, 0.25) is 5.02 Å². The van der Waals surface area contributed by atoms with Crippen molar-refractivity contribution in [2.24, 2.45) is 0 Å². The Labute approximate surface area is 222 Å². The summed E-state index contributed by atoms with van der Waals surface area (Å²) in [5, 5.41) is 0.650. The van der Waals surface area contributed by atoms with Gasteiger partial charge < -0.3 is 9.97 Å². The zero-order valence-electron chi connectivity index (χ0n) is 20.0. The predicted octanol–water partition coefficient (Wildman–Crippen LogP) is 4.27. The summed E-state index contributed by atoms with van der Waals surface area (Å²) in [5.41, 5.74) is 5.99. The lowest BCUT2D eigenvalue weighted by molar-refractivity contribution is 0.609. The highest BCUT2D eigenvalue weighted by Crippen LogP contribution is 2.33. The van der Waals surface area contributed by atoms with Gasteiger partial charge in [0.15, 0.2) is 0 Å². The SMILES string of the molecule is Cc1nc2c(c(=O)[nH]1)-c1cc(Cl)ccc1CC2.Cc1nc2c(c(=O)[nH]1)-c1cc(S(=O)(=O)Cl)ccc1CC2. The largest absolute Gasteiger partial charge is 0.310 e. The van der Waals surface area contributed by atoms with Crippen LogP contribution in [0.3, 0.4) is 0 Å². The smallest absolute Gasteiger partial charge is 0.261 e. The lowest BCUT2D eigenvalue weighted by atomic mass is 9.89. The van der Waals surface area contributed by atoms with Crippen LogP contribution >= 0.6 is 22.3 Å². The minimum Gasteiger partial charge on any atom is -0.310 e. The molecule has 190 valence electrons. The second-order valence-electron chi connectivity index (χ2n) is 9.00. The van der Waals surface area contributed by atoms with Crippen molar-refractivity contribution in [3.63, 3.8) is 0 Å². The maximum Gasteiger partial charge on any atom is 0.261 e. The predicted molar refractivity (Wildman–Crippen MR) is 143 cm³/mol. The van der Waals surface area contributed by atoms with Gasteiger partial charge in [0.25, 0.3) is 20.2 Å². The lowest BCUT2D eigenvalue weighted by Gasteiger charge is -2.18. The van der Waals surface area contributed by atoms with Crippen LogP contribution < -0.4 is 11.1 Å². The molecule has 8 nitrogen and oxygen atoms in total. The van der Waals surface area contributed by atoms with Crippen LogP contribution in [0.4, 0.5) is 0 Å². The fourth-order valence-electron chi connectivity index (χ4n) is 4.87. The number of fused-ring (bicyclic) bond motifs is 6. The van der Waals surface area contributed by atoms with E-state index in [2.05, 4.69) is 19.9 Å². The average molecular weight is 557 g/mol. The molecular formula is C26H22Cl2N4O4S. The van der Waals surface area contributed by atoms with Crippen LogP contribution in [0.1, 0.15) is 34.2 Å². The molecule has 2 heterocycles. The van der Waals surface area contributed by atoms with Gasteiger partial charge in [-0.05, 0) is 86.1 Å². The molecule has 11 heteroatoms. The first kappa shape index (κ1) is 25.4. The first-order valence-electron chi connectivity index (χ1n) is 11.6. The highest BCUT2D eigenvalue weighted by atomic mass is 35.7. The topological polar surface area (TPSA) is 126 Å². The summed E-state index contributed by atoms with van der Waals surface area (Å²) in [5.74, 6) is 1.22. The number of aromatic amines is 2. The Morgan fingerprint density at radius 3 is 1.76 bits per heavy atom. The van der Waals surface area contributed by atoms with Crippen LogP contribution in [0, 0.1) is 13.8 Å². The van der Waals surface area contributed by atoms with Crippen LogP contribution in [0.5, 0.6) is 0 Å². The molecule has 0 amide bonds. The van der Waals surface area contributed by atoms with Gasteiger partial charge in [0.05, 0.1) is 27.4 Å². The molecule has 0 atom stereocenters. The Hall–Kier alpha value is -3.27. The fraction of sp³-hybridized carbons (Fsp3) is 0.231. The Kier molecular flexibility index (Phi) is 6.55. The number of halogens is 2. The van der Waals surface area contributed by atoms with Crippen molar-refractivity contribution in [2.75, 3.05) is 0 Å².